The first-order valence-corrected chi connectivity index (χ1v) is 12.2. The molecule has 0 fully saturated rings. The fourth-order valence-corrected chi connectivity index (χ4v) is 4.79. The van der Waals surface area contributed by atoms with Gasteiger partial charge in [-0.1, -0.05) is 24.6 Å². The fraction of sp³-hybridized carbons (Fsp3) is 0.520. The molecule has 6 nitrogen and oxygen atoms in total. The van der Waals surface area contributed by atoms with Gasteiger partial charge in [-0.25, -0.2) is 4.79 Å². The van der Waals surface area contributed by atoms with Crippen LogP contribution in [0.5, 0.6) is 5.75 Å². The third-order valence-electron chi connectivity index (χ3n) is 5.43. The van der Waals surface area contributed by atoms with E-state index in [9.17, 15) is 9.59 Å². The average Bonchev–Trinajstić information content (AvgIpc) is 3.20. The molecule has 3 amide bonds. The molecule has 2 heterocycles. The first kappa shape index (κ1) is 24.1. The Hall–Kier alpha value is -2.54. The van der Waals surface area contributed by atoms with Crippen LogP contribution in [0.2, 0.25) is 0 Å². The summed E-state index contributed by atoms with van der Waals surface area (Å²) >= 11 is 1.73. The van der Waals surface area contributed by atoms with Gasteiger partial charge in [0.05, 0.1) is 6.04 Å². The smallest absolute Gasteiger partial charge is 0.318 e. The van der Waals surface area contributed by atoms with E-state index in [1.165, 1.54) is 10.4 Å². The molecule has 7 heteroatoms. The molecule has 3 rings (SSSR count). The highest BCUT2D eigenvalue weighted by atomic mass is 32.1. The minimum absolute atomic E-state index is 0.0446. The zero-order valence-electron chi connectivity index (χ0n) is 19.8. The van der Waals surface area contributed by atoms with Crippen molar-refractivity contribution in [1.82, 2.24) is 15.1 Å². The second-order valence-electron chi connectivity index (χ2n) is 9.38. The van der Waals surface area contributed by atoms with E-state index in [0.717, 1.165) is 24.2 Å². The highest BCUT2D eigenvalue weighted by Gasteiger charge is 2.33. The number of hydrogen-bond donors (Lipinski definition) is 1. The maximum absolute atomic E-state index is 13.4. The lowest BCUT2D eigenvalue weighted by Crippen LogP contribution is -2.53. The van der Waals surface area contributed by atoms with Crippen molar-refractivity contribution < 1.29 is 14.3 Å². The number of nitrogens with zero attached hydrogens (tertiary/aromatic N) is 2. The van der Waals surface area contributed by atoms with Crippen molar-refractivity contribution >= 4 is 23.3 Å². The van der Waals surface area contributed by atoms with Crippen LogP contribution in [0.15, 0.2) is 35.7 Å². The van der Waals surface area contributed by atoms with E-state index < -0.39 is 0 Å². The van der Waals surface area contributed by atoms with Crippen LogP contribution >= 0.6 is 11.3 Å². The molecule has 1 aliphatic heterocycles. The maximum atomic E-state index is 13.4. The highest BCUT2D eigenvalue weighted by Crippen LogP contribution is 2.34. The number of urea groups is 1. The van der Waals surface area contributed by atoms with Crippen LogP contribution in [0, 0.1) is 6.92 Å². The molecule has 174 valence electrons. The molecular formula is C25H35N3O3S. The molecule has 32 heavy (non-hydrogen) atoms. The SMILES string of the molecule is CCCN(CC(=O)N1CCc2sccc2[C@H]1COc1ccc(C)cc1)C(=O)NC(C)(C)C. The summed E-state index contributed by atoms with van der Waals surface area (Å²) in [4.78, 5) is 31.0. The number of nitrogens with one attached hydrogen (secondary N) is 1. The van der Waals surface area contributed by atoms with Gasteiger partial charge in [0.2, 0.25) is 5.91 Å². The van der Waals surface area contributed by atoms with Crippen molar-refractivity contribution in [2.75, 3.05) is 26.2 Å². The van der Waals surface area contributed by atoms with Crippen LogP contribution in [-0.4, -0.2) is 53.5 Å². The standard InChI is InChI=1S/C25H35N3O3S/c1-6-13-27(24(30)26-25(3,4)5)16-23(29)28-14-11-22-20(12-15-32-22)21(28)17-31-19-9-7-18(2)8-10-19/h7-10,12,15,21H,6,11,13-14,16-17H2,1-5H3,(H,26,30)/t21-/m1/s1. The molecule has 0 spiro atoms. The summed E-state index contributed by atoms with van der Waals surface area (Å²) in [5.74, 6) is 0.749. The summed E-state index contributed by atoms with van der Waals surface area (Å²) in [6, 6.07) is 9.69. The zero-order valence-corrected chi connectivity index (χ0v) is 20.6. The van der Waals surface area contributed by atoms with Crippen molar-refractivity contribution in [3.8, 4) is 5.75 Å². The second kappa shape index (κ2) is 10.4. The molecule has 0 saturated heterocycles. The normalized spacial score (nSPS) is 15.8. The average molecular weight is 458 g/mol. The van der Waals surface area contributed by atoms with Crippen molar-refractivity contribution in [2.45, 2.75) is 59.0 Å². The number of benzene rings is 1. The van der Waals surface area contributed by atoms with Crippen LogP contribution in [0.1, 0.15) is 56.2 Å². The highest BCUT2D eigenvalue weighted by molar-refractivity contribution is 7.10. The summed E-state index contributed by atoms with van der Waals surface area (Å²) in [5.41, 5.74) is 1.98. The zero-order chi connectivity index (χ0) is 23.3. The monoisotopic (exact) mass is 457 g/mol. The fourth-order valence-electron chi connectivity index (χ4n) is 3.86. The molecule has 0 saturated carbocycles. The van der Waals surface area contributed by atoms with E-state index in [4.69, 9.17) is 4.74 Å². The Morgan fingerprint density at radius 3 is 2.59 bits per heavy atom. The van der Waals surface area contributed by atoms with Crippen molar-refractivity contribution in [3.05, 3.63) is 51.7 Å². The summed E-state index contributed by atoms with van der Waals surface area (Å²) < 4.78 is 6.09. The number of fused-ring (bicyclic) bond motifs is 1. The van der Waals surface area contributed by atoms with Crippen molar-refractivity contribution in [1.29, 1.82) is 0 Å². The van der Waals surface area contributed by atoms with Gasteiger partial charge in [0.15, 0.2) is 0 Å². The van der Waals surface area contributed by atoms with E-state index in [1.807, 2.05) is 63.8 Å². The van der Waals surface area contributed by atoms with Gasteiger partial charge in [0.1, 0.15) is 18.9 Å². The van der Waals surface area contributed by atoms with Gasteiger partial charge in [-0.15, -0.1) is 11.3 Å². The number of thiophene rings is 1. The second-order valence-corrected chi connectivity index (χ2v) is 10.4. The minimum atomic E-state index is -0.354. The quantitative estimate of drug-likeness (QED) is 0.651. The number of hydrogen-bond acceptors (Lipinski definition) is 4. The molecule has 0 aliphatic carbocycles. The summed E-state index contributed by atoms with van der Waals surface area (Å²) in [6.45, 7) is 11.5. The largest absolute Gasteiger partial charge is 0.491 e. The predicted octanol–water partition coefficient (Wildman–Crippen LogP) is 4.78. The maximum Gasteiger partial charge on any atom is 0.318 e. The van der Waals surface area contributed by atoms with Gasteiger partial charge in [-0.05, 0) is 69.7 Å². The number of carbonyl (C=O) groups excluding carboxylic acids is 2. The Labute approximate surface area is 195 Å². The van der Waals surface area contributed by atoms with E-state index in [1.54, 1.807) is 16.2 Å². The summed E-state index contributed by atoms with van der Waals surface area (Å²) in [6.07, 6.45) is 1.63. The molecule has 1 aromatic carbocycles. The van der Waals surface area contributed by atoms with Crippen molar-refractivity contribution in [3.63, 3.8) is 0 Å². The van der Waals surface area contributed by atoms with E-state index >= 15 is 0 Å². The predicted molar refractivity (Wildman–Crippen MR) is 129 cm³/mol. The topological polar surface area (TPSA) is 61.9 Å². The summed E-state index contributed by atoms with van der Waals surface area (Å²) in [7, 11) is 0. The Balaban J connectivity index is 1.74. The lowest BCUT2D eigenvalue weighted by atomic mass is 10.0. The number of amides is 3. The first-order chi connectivity index (χ1) is 15.2. The van der Waals surface area contributed by atoms with Crippen LogP contribution in [0.25, 0.3) is 0 Å². The van der Waals surface area contributed by atoms with E-state index in [0.29, 0.717) is 19.7 Å². The molecule has 0 unspecified atom stereocenters. The van der Waals surface area contributed by atoms with Crippen LogP contribution in [-0.2, 0) is 11.2 Å². The number of rotatable bonds is 7. The summed E-state index contributed by atoms with van der Waals surface area (Å²) in [5, 5.41) is 5.06. The van der Waals surface area contributed by atoms with Gasteiger partial charge in [-0.3, -0.25) is 4.79 Å². The van der Waals surface area contributed by atoms with Crippen LogP contribution in [0.3, 0.4) is 0 Å². The van der Waals surface area contributed by atoms with Crippen molar-refractivity contribution in [2.24, 2.45) is 0 Å². The Morgan fingerprint density at radius 2 is 1.94 bits per heavy atom. The Kier molecular flexibility index (Phi) is 7.82. The lowest BCUT2D eigenvalue weighted by Gasteiger charge is -2.37. The Bertz CT molecular complexity index is 917. The Morgan fingerprint density at radius 1 is 1.22 bits per heavy atom. The molecule has 1 N–H and O–H groups in total. The molecule has 1 atom stereocenters. The van der Waals surface area contributed by atoms with Crippen LogP contribution in [0.4, 0.5) is 4.79 Å². The molecule has 0 bridgehead atoms. The molecular weight excluding hydrogens is 422 g/mol. The van der Waals surface area contributed by atoms with Crippen LogP contribution < -0.4 is 10.1 Å². The minimum Gasteiger partial charge on any atom is -0.491 e. The van der Waals surface area contributed by atoms with E-state index in [2.05, 4.69) is 16.8 Å². The van der Waals surface area contributed by atoms with Gasteiger partial charge in [0, 0.05) is 23.5 Å². The molecule has 1 aliphatic rings. The molecule has 0 radical (unpaired) electrons. The third kappa shape index (κ3) is 6.25. The van der Waals surface area contributed by atoms with Gasteiger partial charge >= 0.3 is 6.03 Å². The van der Waals surface area contributed by atoms with Gasteiger partial charge < -0.3 is 19.9 Å². The number of aryl methyl sites for hydroxylation is 1. The first-order valence-electron chi connectivity index (χ1n) is 11.3. The van der Waals surface area contributed by atoms with Gasteiger partial charge in [0.25, 0.3) is 0 Å². The number of ether oxygens (including phenoxy) is 1. The molecule has 1 aromatic heterocycles. The van der Waals surface area contributed by atoms with E-state index in [-0.39, 0.29) is 30.1 Å². The van der Waals surface area contributed by atoms with Gasteiger partial charge in [-0.2, -0.15) is 0 Å². The third-order valence-corrected chi connectivity index (χ3v) is 6.43. The number of carbonyl (C=O) groups is 2. The lowest BCUT2D eigenvalue weighted by molar-refractivity contribution is -0.135. The molecule has 2 aromatic rings.